The second-order valence-electron chi connectivity index (χ2n) is 3.73. The molecular weight excluding hydrogens is 284 g/mol. The summed E-state index contributed by atoms with van der Waals surface area (Å²) in [6.07, 6.45) is 4.52. The molecule has 84 valence electrons. The van der Waals surface area contributed by atoms with Gasteiger partial charge in [-0.05, 0) is 51.5 Å². The molecule has 0 saturated heterocycles. The molecule has 2 rings (SSSR count). The van der Waals surface area contributed by atoms with Crippen LogP contribution >= 0.6 is 27.3 Å². The van der Waals surface area contributed by atoms with Gasteiger partial charge in [-0.2, -0.15) is 0 Å². The van der Waals surface area contributed by atoms with Crippen LogP contribution in [0.3, 0.4) is 0 Å². The summed E-state index contributed by atoms with van der Waals surface area (Å²) in [4.78, 5) is 5.37. The number of halogens is 1. The summed E-state index contributed by atoms with van der Waals surface area (Å²) in [5, 5.41) is 2.07. The monoisotopic (exact) mass is 296 g/mol. The molecule has 16 heavy (non-hydrogen) atoms. The molecule has 0 fully saturated rings. The molecule has 2 N–H and O–H groups in total. The molecule has 0 aromatic carbocycles. The van der Waals surface area contributed by atoms with Crippen molar-refractivity contribution in [1.82, 2.24) is 4.98 Å². The van der Waals surface area contributed by atoms with Crippen LogP contribution in [0.1, 0.15) is 22.0 Å². The molecule has 0 aliphatic heterocycles. The van der Waals surface area contributed by atoms with E-state index in [4.69, 9.17) is 5.73 Å². The van der Waals surface area contributed by atoms with E-state index in [9.17, 15) is 0 Å². The van der Waals surface area contributed by atoms with E-state index in [0.717, 1.165) is 16.5 Å². The number of hydrogen-bond donors (Lipinski definition) is 1. The highest BCUT2D eigenvalue weighted by molar-refractivity contribution is 9.10. The first-order chi connectivity index (χ1) is 7.68. The maximum absolute atomic E-state index is 6.21. The first-order valence-corrected chi connectivity index (χ1v) is 6.73. The lowest BCUT2D eigenvalue weighted by Crippen LogP contribution is -2.14. The predicted octanol–water partition coefficient (Wildman–Crippen LogP) is 3.46. The molecule has 0 radical (unpaired) electrons. The van der Waals surface area contributed by atoms with Crippen LogP contribution in [0, 0.1) is 6.92 Å². The van der Waals surface area contributed by atoms with E-state index in [2.05, 4.69) is 32.4 Å². The summed E-state index contributed by atoms with van der Waals surface area (Å²) in [5.74, 6) is 0. The molecule has 4 heteroatoms. The van der Waals surface area contributed by atoms with Crippen LogP contribution in [0.4, 0.5) is 0 Å². The number of nitrogens with zero attached hydrogens (tertiary/aromatic N) is 1. The second-order valence-corrected chi connectivity index (χ2v) is 5.59. The fourth-order valence-corrected chi connectivity index (χ4v) is 3.25. The van der Waals surface area contributed by atoms with Crippen LogP contribution in [0.2, 0.25) is 0 Å². The van der Waals surface area contributed by atoms with Crippen LogP contribution in [0.5, 0.6) is 0 Å². The molecule has 0 amide bonds. The van der Waals surface area contributed by atoms with Crippen LogP contribution in [-0.4, -0.2) is 4.98 Å². The molecular formula is C12H13BrN2S. The Morgan fingerprint density at radius 1 is 1.50 bits per heavy atom. The number of hydrogen-bond acceptors (Lipinski definition) is 3. The Balaban J connectivity index is 2.18. The van der Waals surface area contributed by atoms with Crippen molar-refractivity contribution in [1.29, 1.82) is 0 Å². The zero-order valence-electron chi connectivity index (χ0n) is 8.98. The molecule has 2 heterocycles. The Hall–Kier alpha value is -0.710. The predicted molar refractivity (Wildman–Crippen MR) is 71.6 cm³/mol. The number of aryl methyl sites for hydroxylation is 1. The van der Waals surface area contributed by atoms with Gasteiger partial charge in [0.1, 0.15) is 0 Å². The molecule has 2 aromatic heterocycles. The topological polar surface area (TPSA) is 38.9 Å². The third-order valence-electron chi connectivity index (χ3n) is 2.56. The van der Waals surface area contributed by atoms with E-state index in [1.807, 2.05) is 19.2 Å². The van der Waals surface area contributed by atoms with Gasteiger partial charge in [-0.3, -0.25) is 4.98 Å². The maximum Gasteiger partial charge on any atom is 0.0347 e. The van der Waals surface area contributed by atoms with Crippen molar-refractivity contribution in [3.8, 4) is 0 Å². The third kappa shape index (κ3) is 2.51. The van der Waals surface area contributed by atoms with Gasteiger partial charge >= 0.3 is 0 Å². The Morgan fingerprint density at radius 3 is 2.94 bits per heavy atom. The zero-order valence-corrected chi connectivity index (χ0v) is 11.4. The molecule has 1 unspecified atom stereocenters. The van der Waals surface area contributed by atoms with Gasteiger partial charge in [0.25, 0.3) is 0 Å². The van der Waals surface area contributed by atoms with E-state index < -0.39 is 0 Å². The van der Waals surface area contributed by atoms with E-state index in [1.54, 1.807) is 17.5 Å². The minimum Gasteiger partial charge on any atom is -0.324 e. The molecule has 0 spiro atoms. The number of thiophene rings is 1. The van der Waals surface area contributed by atoms with Crippen molar-refractivity contribution in [2.24, 2.45) is 5.73 Å². The van der Waals surface area contributed by atoms with Crippen molar-refractivity contribution < 1.29 is 0 Å². The molecule has 0 bridgehead atoms. The lowest BCUT2D eigenvalue weighted by atomic mass is 10.0. The largest absolute Gasteiger partial charge is 0.324 e. The van der Waals surface area contributed by atoms with Gasteiger partial charge in [-0.15, -0.1) is 11.3 Å². The van der Waals surface area contributed by atoms with Gasteiger partial charge in [-0.1, -0.05) is 0 Å². The lowest BCUT2D eigenvalue weighted by molar-refractivity contribution is 0.721. The SMILES string of the molecule is Cc1cnccc1C(N)Cc1sccc1Br. The van der Waals surface area contributed by atoms with E-state index in [-0.39, 0.29) is 6.04 Å². The Bertz CT molecular complexity index is 481. The van der Waals surface area contributed by atoms with Gasteiger partial charge in [-0.25, -0.2) is 0 Å². The summed E-state index contributed by atoms with van der Waals surface area (Å²) in [7, 11) is 0. The van der Waals surface area contributed by atoms with Gasteiger partial charge in [0.05, 0.1) is 0 Å². The quantitative estimate of drug-likeness (QED) is 0.942. The van der Waals surface area contributed by atoms with Crippen LogP contribution in [-0.2, 0) is 6.42 Å². The van der Waals surface area contributed by atoms with Crippen molar-refractivity contribution in [3.63, 3.8) is 0 Å². The fraction of sp³-hybridized carbons (Fsp3) is 0.250. The molecule has 0 saturated carbocycles. The van der Waals surface area contributed by atoms with Crippen molar-refractivity contribution in [2.75, 3.05) is 0 Å². The Labute approximate surface area is 108 Å². The average molecular weight is 297 g/mol. The van der Waals surface area contributed by atoms with Crippen molar-refractivity contribution in [2.45, 2.75) is 19.4 Å². The smallest absolute Gasteiger partial charge is 0.0347 e. The molecule has 0 aliphatic carbocycles. The van der Waals surface area contributed by atoms with Gasteiger partial charge < -0.3 is 5.73 Å². The summed E-state index contributed by atoms with van der Waals surface area (Å²) in [6.45, 7) is 2.05. The van der Waals surface area contributed by atoms with Gasteiger partial charge in [0.2, 0.25) is 0 Å². The molecule has 0 aliphatic rings. The average Bonchev–Trinajstić information content (AvgIpc) is 2.65. The van der Waals surface area contributed by atoms with Crippen LogP contribution in [0.25, 0.3) is 0 Å². The highest BCUT2D eigenvalue weighted by Gasteiger charge is 2.12. The number of pyridine rings is 1. The van der Waals surface area contributed by atoms with E-state index >= 15 is 0 Å². The maximum atomic E-state index is 6.21. The Kier molecular flexibility index (Phi) is 3.74. The van der Waals surface area contributed by atoms with Crippen molar-refractivity contribution >= 4 is 27.3 Å². The van der Waals surface area contributed by atoms with Gasteiger partial charge in [0, 0.05) is 34.2 Å². The number of nitrogens with two attached hydrogens (primary N) is 1. The summed E-state index contributed by atoms with van der Waals surface area (Å²) in [5.41, 5.74) is 8.55. The summed E-state index contributed by atoms with van der Waals surface area (Å²) >= 11 is 5.26. The zero-order chi connectivity index (χ0) is 11.5. The highest BCUT2D eigenvalue weighted by Crippen LogP contribution is 2.27. The molecule has 1 atom stereocenters. The minimum atomic E-state index is 0.0398. The van der Waals surface area contributed by atoms with E-state index in [0.29, 0.717) is 0 Å². The normalized spacial score (nSPS) is 12.7. The summed E-state index contributed by atoms with van der Waals surface area (Å²) in [6, 6.07) is 4.10. The Morgan fingerprint density at radius 2 is 2.31 bits per heavy atom. The summed E-state index contributed by atoms with van der Waals surface area (Å²) < 4.78 is 1.15. The molecule has 2 aromatic rings. The minimum absolute atomic E-state index is 0.0398. The van der Waals surface area contributed by atoms with Crippen molar-refractivity contribution in [3.05, 3.63) is 50.4 Å². The lowest BCUT2D eigenvalue weighted by Gasteiger charge is -2.13. The first kappa shape index (κ1) is 11.8. The van der Waals surface area contributed by atoms with Crippen LogP contribution < -0.4 is 5.73 Å². The van der Waals surface area contributed by atoms with E-state index in [1.165, 1.54) is 10.4 Å². The number of rotatable bonds is 3. The molecule has 2 nitrogen and oxygen atoms in total. The second kappa shape index (κ2) is 5.08. The fourth-order valence-electron chi connectivity index (χ4n) is 1.68. The number of aromatic nitrogens is 1. The van der Waals surface area contributed by atoms with Crippen LogP contribution in [0.15, 0.2) is 34.4 Å². The third-order valence-corrected chi connectivity index (χ3v) is 4.51. The standard InChI is InChI=1S/C12H13BrN2S/c1-8-7-15-4-2-9(8)11(14)6-12-10(13)3-5-16-12/h2-5,7,11H,6,14H2,1H3. The highest BCUT2D eigenvalue weighted by atomic mass is 79.9. The first-order valence-electron chi connectivity index (χ1n) is 5.06. The van der Waals surface area contributed by atoms with Gasteiger partial charge in [0.15, 0.2) is 0 Å².